The smallest absolute Gasteiger partial charge is 0.235 e. The number of fused-ring (bicyclic) bond motifs is 2. The number of amides is 1. The van der Waals surface area contributed by atoms with Gasteiger partial charge in [-0.15, -0.1) is 11.8 Å². The second kappa shape index (κ2) is 5.94. The molecule has 6 heteroatoms. The number of pyridine rings is 1. The molecule has 2 aromatic heterocycles. The average Bonchev–Trinajstić information content (AvgIpc) is 2.91. The molecule has 3 heterocycles. The molecular weight excluding hydrogens is 320 g/mol. The highest BCUT2D eigenvalue weighted by molar-refractivity contribution is 8.00. The van der Waals surface area contributed by atoms with Gasteiger partial charge in [0.2, 0.25) is 5.91 Å². The summed E-state index contributed by atoms with van der Waals surface area (Å²) >= 11 is 1.64. The van der Waals surface area contributed by atoms with E-state index in [1.807, 2.05) is 23.0 Å². The number of carbonyl (C=O) groups is 1. The van der Waals surface area contributed by atoms with Crippen LogP contribution in [0.25, 0.3) is 10.9 Å². The fourth-order valence-electron chi connectivity index (χ4n) is 3.04. The minimum absolute atomic E-state index is 0.0219. The van der Waals surface area contributed by atoms with Gasteiger partial charge in [0.05, 0.1) is 22.7 Å². The molecule has 3 aromatic rings. The molecule has 0 saturated heterocycles. The lowest BCUT2D eigenvalue weighted by Crippen LogP contribution is -2.17. The first-order chi connectivity index (χ1) is 11.6. The van der Waals surface area contributed by atoms with Gasteiger partial charge in [-0.3, -0.25) is 9.78 Å². The Bertz CT molecular complexity index is 918. The number of nitrogens with one attached hydrogen (secondary N) is 1. The van der Waals surface area contributed by atoms with E-state index < -0.39 is 0 Å². The first-order valence-electron chi connectivity index (χ1n) is 7.97. The van der Waals surface area contributed by atoms with Crippen molar-refractivity contribution in [2.45, 2.75) is 25.1 Å². The van der Waals surface area contributed by atoms with Gasteiger partial charge in [0.1, 0.15) is 5.82 Å². The van der Waals surface area contributed by atoms with Crippen LogP contribution in [0.5, 0.6) is 0 Å². The standard InChI is InChI=1S/C18H18N4OS/c1-11(2)22-18-14(9-20-22)17(24-10-16(23)21-18)13-5-6-15-12(8-13)4-3-7-19-15/h3-9,11,17H,10H2,1-2H3,(H,21,23)/t17-/m0/s1. The topological polar surface area (TPSA) is 59.8 Å². The van der Waals surface area contributed by atoms with Gasteiger partial charge in [0.25, 0.3) is 0 Å². The maximum absolute atomic E-state index is 12.1. The predicted molar refractivity (Wildman–Crippen MR) is 97.3 cm³/mol. The first kappa shape index (κ1) is 15.2. The molecule has 0 bridgehead atoms. The molecule has 1 N–H and O–H groups in total. The fraction of sp³-hybridized carbons (Fsp3) is 0.278. The molecule has 0 radical (unpaired) electrons. The van der Waals surface area contributed by atoms with Crippen LogP contribution in [0.15, 0.2) is 42.7 Å². The van der Waals surface area contributed by atoms with E-state index in [2.05, 4.69) is 47.4 Å². The minimum atomic E-state index is 0.0219. The molecule has 0 saturated carbocycles. The molecule has 1 atom stereocenters. The van der Waals surface area contributed by atoms with Crippen molar-refractivity contribution in [1.82, 2.24) is 14.8 Å². The van der Waals surface area contributed by atoms with Crippen LogP contribution < -0.4 is 5.32 Å². The van der Waals surface area contributed by atoms with E-state index in [1.165, 1.54) is 5.56 Å². The lowest BCUT2D eigenvalue weighted by molar-refractivity contribution is -0.113. The Morgan fingerprint density at radius 1 is 1.33 bits per heavy atom. The maximum atomic E-state index is 12.1. The Kier molecular flexibility index (Phi) is 3.76. The molecule has 5 nitrogen and oxygen atoms in total. The summed E-state index contributed by atoms with van der Waals surface area (Å²) in [6.07, 6.45) is 3.68. The number of benzene rings is 1. The zero-order chi connectivity index (χ0) is 16.7. The normalized spacial score (nSPS) is 17.6. The number of thioether (sulfide) groups is 1. The van der Waals surface area contributed by atoms with Gasteiger partial charge in [-0.25, -0.2) is 4.68 Å². The molecule has 1 amide bonds. The summed E-state index contributed by atoms with van der Waals surface area (Å²) in [5, 5.41) is 8.69. The van der Waals surface area contributed by atoms with Gasteiger partial charge >= 0.3 is 0 Å². The summed E-state index contributed by atoms with van der Waals surface area (Å²) in [4.78, 5) is 16.5. The van der Waals surface area contributed by atoms with Crippen molar-refractivity contribution in [1.29, 1.82) is 0 Å². The van der Waals surface area contributed by atoms with E-state index in [0.29, 0.717) is 5.75 Å². The van der Waals surface area contributed by atoms with Gasteiger partial charge in [-0.05, 0) is 37.6 Å². The lowest BCUT2D eigenvalue weighted by atomic mass is 10.0. The van der Waals surface area contributed by atoms with Crippen LogP contribution >= 0.6 is 11.8 Å². The molecule has 0 aliphatic carbocycles. The number of rotatable bonds is 2. The first-order valence-corrected chi connectivity index (χ1v) is 9.02. The van der Waals surface area contributed by atoms with Crippen LogP contribution in [-0.4, -0.2) is 26.4 Å². The van der Waals surface area contributed by atoms with E-state index in [0.717, 1.165) is 22.3 Å². The molecule has 1 aliphatic heterocycles. The van der Waals surface area contributed by atoms with Crippen molar-refractivity contribution in [3.05, 3.63) is 53.9 Å². The van der Waals surface area contributed by atoms with Crippen LogP contribution in [-0.2, 0) is 4.79 Å². The van der Waals surface area contributed by atoms with E-state index in [1.54, 1.807) is 18.0 Å². The van der Waals surface area contributed by atoms with Crippen molar-refractivity contribution < 1.29 is 4.79 Å². The van der Waals surface area contributed by atoms with Crippen LogP contribution in [0.3, 0.4) is 0 Å². The van der Waals surface area contributed by atoms with Gasteiger partial charge in [0, 0.05) is 23.2 Å². The van der Waals surface area contributed by atoms with Crippen LogP contribution in [0.4, 0.5) is 5.82 Å². The molecule has 4 rings (SSSR count). The second-order valence-corrected chi connectivity index (χ2v) is 7.28. The third-order valence-electron chi connectivity index (χ3n) is 4.16. The van der Waals surface area contributed by atoms with Gasteiger partial charge in [0.15, 0.2) is 0 Å². The van der Waals surface area contributed by atoms with E-state index in [-0.39, 0.29) is 17.2 Å². The Labute approximate surface area is 144 Å². The van der Waals surface area contributed by atoms with Crippen LogP contribution in [0.1, 0.15) is 36.3 Å². The quantitative estimate of drug-likeness (QED) is 0.772. The minimum Gasteiger partial charge on any atom is -0.310 e. The molecule has 0 unspecified atom stereocenters. The Balaban J connectivity index is 1.84. The number of nitrogens with zero attached hydrogens (tertiary/aromatic N) is 3. The monoisotopic (exact) mass is 338 g/mol. The summed E-state index contributed by atoms with van der Waals surface area (Å²) in [6.45, 7) is 4.13. The highest BCUT2D eigenvalue weighted by atomic mass is 32.2. The summed E-state index contributed by atoms with van der Waals surface area (Å²) in [5.41, 5.74) is 3.21. The van der Waals surface area contributed by atoms with Crippen LogP contribution in [0.2, 0.25) is 0 Å². The van der Waals surface area contributed by atoms with E-state index >= 15 is 0 Å². The van der Waals surface area contributed by atoms with Crippen LogP contribution in [0, 0.1) is 0 Å². The van der Waals surface area contributed by atoms with Gasteiger partial charge < -0.3 is 5.32 Å². The van der Waals surface area contributed by atoms with Gasteiger partial charge in [-0.2, -0.15) is 5.10 Å². The summed E-state index contributed by atoms with van der Waals surface area (Å²) in [7, 11) is 0. The van der Waals surface area contributed by atoms with Crippen molar-refractivity contribution >= 4 is 34.4 Å². The Morgan fingerprint density at radius 2 is 2.21 bits per heavy atom. The molecule has 0 fully saturated rings. The third kappa shape index (κ3) is 2.57. The highest BCUT2D eigenvalue weighted by Gasteiger charge is 2.28. The summed E-state index contributed by atoms with van der Waals surface area (Å²) < 4.78 is 1.88. The number of aromatic nitrogens is 3. The maximum Gasteiger partial charge on any atom is 0.235 e. The highest BCUT2D eigenvalue weighted by Crippen LogP contribution is 2.42. The molecule has 1 aliphatic rings. The van der Waals surface area contributed by atoms with Crippen molar-refractivity contribution in [3.63, 3.8) is 0 Å². The van der Waals surface area contributed by atoms with Crippen molar-refractivity contribution in [3.8, 4) is 0 Å². The van der Waals surface area contributed by atoms with Gasteiger partial charge in [-0.1, -0.05) is 12.1 Å². The van der Waals surface area contributed by atoms with Crippen molar-refractivity contribution in [2.75, 3.05) is 11.1 Å². The molecule has 0 spiro atoms. The zero-order valence-corrected chi connectivity index (χ0v) is 14.4. The summed E-state index contributed by atoms with van der Waals surface area (Å²) in [5.74, 6) is 1.27. The molecule has 122 valence electrons. The molecule has 1 aromatic carbocycles. The largest absolute Gasteiger partial charge is 0.310 e. The average molecular weight is 338 g/mol. The second-order valence-electron chi connectivity index (χ2n) is 6.18. The van der Waals surface area contributed by atoms with E-state index in [4.69, 9.17) is 0 Å². The predicted octanol–water partition coefficient (Wildman–Crippen LogP) is 3.79. The molecular formula is C18H18N4OS. The van der Waals surface area contributed by atoms with Crippen molar-refractivity contribution in [2.24, 2.45) is 0 Å². The van der Waals surface area contributed by atoms with E-state index in [9.17, 15) is 4.79 Å². The SMILES string of the molecule is CC(C)n1ncc2c1NC(=O)CS[C@H]2c1ccc2ncccc2c1. The Hall–Kier alpha value is -2.34. The number of carbonyl (C=O) groups excluding carboxylic acids is 1. The Morgan fingerprint density at radius 3 is 3.04 bits per heavy atom. The lowest BCUT2D eigenvalue weighted by Gasteiger charge is -2.15. The number of hydrogen-bond donors (Lipinski definition) is 1. The molecule has 24 heavy (non-hydrogen) atoms. The fourth-order valence-corrected chi connectivity index (χ4v) is 4.12. The third-order valence-corrected chi connectivity index (χ3v) is 5.45. The zero-order valence-electron chi connectivity index (χ0n) is 13.6. The number of hydrogen-bond acceptors (Lipinski definition) is 4. The number of anilines is 1. The summed E-state index contributed by atoms with van der Waals surface area (Å²) in [6, 6.07) is 10.5.